The zero-order chi connectivity index (χ0) is 23.9. The van der Waals surface area contributed by atoms with Crippen molar-refractivity contribution in [1.82, 2.24) is 18.8 Å². The highest BCUT2D eigenvalue weighted by Gasteiger charge is 2.41. The van der Waals surface area contributed by atoms with Crippen molar-refractivity contribution in [2.45, 2.75) is 24.6 Å². The van der Waals surface area contributed by atoms with Gasteiger partial charge >= 0.3 is 0 Å². The second-order valence-electron chi connectivity index (χ2n) is 9.49. The lowest BCUT2D eigenvalue weighted by Crippen LogP contribution is -2.43. The Morgan fingerprint density at radius 2 is 1.79 bits per heavy atom. The van der Waals surface area contributed by atoms with Gasteiger partial charge in [0, 0.05) is 56.9 Å². The summed E-state index contributed by atoms with van der Waals surface area (Å²) in [5.74, 6) is 0. The molecule has 2 aliphatic rings. The third kappa shape index (κ3) is 4.48. The summed E-state index contributed by atoms with van der Waals surface area (Å²) in [7, 11) is -1.56. The molecule has 0 radical (unpaired) electrons. The van der Waals surface area contributed by atoms with Crippen LogP contribution in [0.25, 0.3) is 16.6 Å². The van der Waals surface area contributed by atoms with Crippen molar-refractivity contribution in [1.29, 1.82) is 0 Å². The van der Waals surface area contributed by atoms with Gasteiger partial charge in [0.15, 0.2) is 5.65 Å². The molecule has 1 aliphatic carbocycles. The zero-order valence-corrected chi connectivity index (χ0v) is 22.5. The minimum absolute atomic E-state index is 0.438. The monoisotopic (exact) mass is 588 g/mol. The standard InChI is InChI=1S/C26H29IN4O2S/c1-26(34(32,33)31-11-9-22-4-3-10-28-25(22)31)17-23(16-24(27)18-26)21-7-5-20(6-8-21)19-30-14-12-29(2)13-15-30/h3-11,16-17H,12-15,18-19H2,1-2H3. The maximum absolute atomic E-state index is 13.8. The van der Waals surface area contributed by atoms with Crippen LogP contribution in [0, 0.1) is 0 Å². The van der Waals surface area contributed by atoms with Gasteiger partial charge in [-0.2, -0.15) is 0 Å². The van der Waals surface area contributed by atoms with Crippen LogP contribution in [0.15, 0.2) is 70.6 Å². The van der Waals surface area contributed by atoms with Gasteiger partial charge in [-0.15, -0.1) is 0 Å². The average Bonchev–Trinajstić information content (AvgIpc) is 3.25. The number of fused-ring (bicyclic) bond motifs is 1. The third-order valence-corrected chi connectivity index (χ3v) is 9.79. The summed E-state index contributed by atoms with van der Waals surface area (Å²) in [4.78, 5) is 9.18. The zero-order valence-electron chi connectivity index (χ0n) is 19.5. The van der Waals surface area contributed by atoms with Crippen LogP contribution in [0.3, 0.4) is 0 Å². The maximum Gasteiger partial charge on any atom is 0.249 e. The number of likely N-dealkylation sites (N-methyl/N-ethyl adjacent to an activating group) is 1. The summed E-state index contributed by atoms with van der Waals surface area (Å²) in [6, 6.07) is 14.1. The summed E-state index contributed by atoms with van der Waals surface area (Å²) in [6.45, 7) is 7.14. The Morgan fingerprint density at radius 1 is 1.06 bits per heavy atom. The number of allylic oxidation sites excluding steroid dienone is 3. The van der Waals surface area contributed by atoms with Crippen molar-refractivity contribution >= 4 is 49.2 Å². The molecule has 6 nitrogen and oxygen atoms in total. The van der Waals surface area contributed by atoms with Crippen LogP contribution in [-0.4, -0.2) is 65.1 Å². The molecule has 1 atom stereocenters. The summed E-state index contributed by atoms with van der Waals surface area (Å²) in [5, 5.41) is 0.816. The van der Waals surface area contributed by atoms with E-state index < -0.39 is 14.8 Å². The first kappa shape index (κ1) is 23.7. The molecule has 2 aromatic heterocycles. The number of piperazine rings is 1. The van der Waals surface area contributed by atoms with E-state index in [1.54, 1.807) is 18.5 Å². The minimum Gasteiger partial charge on any atom is -0.304 e. The minimum atomic E-state index is -3.73. The van der Waals surface area contributed by atoms with Gasteiger partial charge in [-0.3, -0.25) is 4.90 Å². The number of halogens is 1. The van der Waals surface area contributed by atoms with E-state index in [-0.39, 0.29) is 0 Å². The van der Waals surface area contributed by atoms with Crippen LogP contribution in [0.2, 0.25) is 0 Å². The Hall–Kier alpha value is -2.01. The van der Waals surface area contributed by atoms with Crippen molar-refractivity contribution in [3.8, 4) is 0 Å². The molecule has 1 aliphatic heterocycles. The molecule has 5 rings (SSSR count). The fraction of sp³-hybridized carbons (Fsp3) is 0.346. The molecule has 1 saturated heterocycles. The van der Waals surface area contributed by atoms with Crippen molar-refractivity contribution in [3.63, 3.8) is 0 Å². The molecule has 0 N–H and O–H groups in total. The molecule has 3 aromatic rings. The normalized spacial score (nSPS) is 22.6. The number of benzene rings is 1. The summed E-state index contributed by atoms with van der Waals surface area (Å²) in [6.07, 6.45) is 7.69. The largest absolute Gasteiger partial charge is 0.304 e. The van der Waals surface area contributed by atoms with Gasteiger partial charge in [0.05, 0.1) is 0 Å². The molecule has 1 fully saturated rings. The van der Waals surface area contributed by atoms with E-state index in [9.17, 15) is 8.42 Å². The highest BCUT2D eigenvalue weighted by Crippen LogP contribution is 2.40. The molecule has 1 aromatic carbocycles. The lowest BCUT2D eigenvalue weighted by atomic mass is 9.92. The van der Waals surface area contributed by atoms with E-state index in [1.165, 1.54) is 9.54 Å². The molecule has 3 heterocycles. The summed E-state index contributed by atoms with van der Waals surface area (Å²) >= 11 is 2.27. The van der Waals surface area contributed by atoms with Gasteiger partial charge in [0.1, 0.15) is 4.75 Å². The smallest absolute Gasteiger partial charge is 0.249 e. The molecule has 8 heteroatoms. The molecule has 178 valence electrons. The fourth-order valence-corrected chi connectivity index (χ4v) is 7.79. The van der Waals surface area contributed by atoms with Gasteiger partial charge < -0.3 is 4.90 Å². The topological polar surface area (TPSA) is 58.4 Å². The summed E-state index contributed by atoms with van der Waals surface area (Å²) < 4.78 is 29.0. The molecular formula is C26H29IN4O2S. The van der Waals surface area contributed by atoms with Gasteiger partial charge in [-0.1, -0.05) is 30.3 Å². The fourth-order valence-electron chi connectivity index (χ4n) is 4.74. The van der Waals surface area contributed by atoms with Crippen LogP contribution in [0.5, 0.6) is 0 Å². The van der Waals surface area contributed by atoms with E-state index >= 15 is 0 Å². The van der Waals surface area contributed by atoms with Gasteiger partial charge in [0.25, 0.3) is 0 Å². The SMILES string of the molecule is CN1CCN(Cc2ccc(C3=CC(C)(S(=O)(=O)n4ccc5cccnc54)CC(I)=C3)cc2)CC1. The van der Waals surface area contributed by atoms with Gasteiger partial charge in [0.2, 0.25) is 10.0 Å². The van der Waals surface area contributed by atoms with E-state index in [2.05, 4.69) is 74.8 Å². The number of rotatable bonds is 5. The Bertz CT molecular complexity index is 1370. The van der Waals surface area contributed by atoms with Crippen LogP contribution in [0.1, 0.15) is 24.5 Å². The molecule has 1 unspecified atom stereocenters. The van der Waals surface area contributed by atoms with Crippen LogP contribution >= 0.6 is 22.6 Å². The second-order valence-corrected chi connectivity index (χ2v) is 13.2. The molecule has 0 bridgehead atoms. The number of hydrogen-bond donors (Lipinski definition) is 0. The highest BCUT2D eigenvalue weighted by molar-refractivity contribution is 14.1. The number of hydrogen-bond acceptors (Lipinski definition) is 5. The van der Waals surface area contributed by atoms with E-state index in [0.29, 0.717) is 12.1 Å². The Kier molecular flexibility index (Phi) is 6.43. The van der Waals surface area contributed by atoms with Crippen molar-refractivity contribution in [3.05, 3.63) is 81.7 Å². The Labute approximate surface area is 215 Å². The predicted molar refractivity (Wildman–Crippen MR) is 146 cm³/mol. The lowest BCUT2D eigenvalue weighted by Gasteiger charge is -2.32. The third-order valence-electron chi connectivity index (χ3n) is 6.85. The first-order valence-electron chi connectivity index (χ1n) is 11.5. The molecule has 34 heavy (non-hydrogen) atoms. The van der Waals surface area contributed by atoms with Gasteiger partial charge in [-0.25, -0.2) is 17.4 Å². The van der Waals surface area contributed by atoms with Crippen LogP contribution < -0.4 is 0 Å². The number of nitrogens with zero attached hydrogens (tertiary/aromatic N) is 4. The molecule has 0 spiro atoms. The van der Waals surface area contributed by atoms with Crippen molar-refractivity contribution in [2.24, 2.45) is 0 Å². The second kappa shape index (κ2) is 9.22. The van der Waals surface area contributed by atoms with Crippen LogP contribution in [0.4, 0.5) is 0 Å². The first-order valence-corrected chi connectivity index (χ1v) is 14.0. The van der Waals surface area contributed by atoms with Gasteiger partial charge in [-0.05, 0) is 81.1 Å². The summed E-state index contributed by atoms with van der Waals surface area (Å²) in [5.41, 5.74) is 3.73. The van der Waals surface area contributed by atoms with Crippen molar-refractivity contribution < 1.29 is 8.42 Å². The van der Waals surface area contributed by atoms with E-state index in [1.807, 2.05) is 25.1 Å². The average molecular weight is 589 g/mol. The van der Waals surface area contributed by atoms with E-state index in [0.717, 1.165) is 52.8 Å². The number of pyridine rings is 1. The molecular weight excluding hydrogens is 559 g/mol. The number of aromatic nitrogens is 2. The van der Waals surface area contributed by atoms with Crippen molar-refractivity contribution in [2.75, 3.05) is 33.2 Å². The molecule has 0 amide bonds. The first-order chi connectivity index (χ1) is 16.2. The predicted octanol–water partition coefficient (Wildman–Crippen LogP) is 4.53. The van der Waals surface area contributed by atoms with E-state index in [4.69, 9.17) is 0 Å². The molecule has 0 saturated carbocycles. The lowest BCUT2D eigenvalue weighted by molar-refractivity contribution is 0.148. The Balaban J connectivity index is 1.43. The van der Waals surface area contributed by atoms with Crippen LogP contribution in [-0.2, 0) is 16.6 Å². The maximum atomic E-state index is 13.8. The Morgan fingerprint density at radius 3 is 2.53 bits per heavy atom. The highest BCUT2D eigenvalue weighted by atomic mass is 127. The quantitative estimate of drug-likeness (QED) is 0.411.